The van der Waals surface area contributed by atoms with Crippen molar-refractivity contribution in [3.63, 3.8) is 0 Å². The lowest BCUT2D eigenvalue weighted by Gasteiger charge is -2.40. The summed E-state index contributed by atoms with van der Waals surface area (Å²) in [5.41, 5.74) is 0. The second-order valence-corrected chi connectivity index (χ2v) is 21.8. The highest BCUT2D eigenvalue weighted by molar-refractivity contribution is 5.76. The third-order valence-corrected chi connectivity index (χ3v) is 14.8. The molecule has 0 aromatic carbocycles. The molecule has 1 rings (SSSR count). The summed E-state index contributed by atoms with van der Waals surface area (Å²) >= 11 is 0. The van der Waals surface area contributed by atoms with Gasteiger partial charge in [-0.2, -0.15) is 0 Å². The molecular formula is C67H119NO8. The van der Waals surface area contributed by atoms with Gasteiger partial charge in [0.05, 0.1) is 25.4 Å². The molecule has 1 amide bonds. The Kier molecular flexibility index (Phi) is 52.3. The number of rotatable bonds is 54. The molecule has 1 aliphatic rings. The van der Waals surface area contributed by atoms with Crippen molar-refractivity contribution in [1.29, 1.82) is 0 Å². The lowest BCUT2D eigenvalue weighted by atomic mass is 9.99. The molecule has 1 saturated heterocycles. The molecule has 0 radical (unpaired) electrons. The standard InChI is InChI=1S/C67H119NO8/c1-3-5-7-9-11-13-15-17-19-21-22-23-24-25-26-27-28-29-30-31-32-33-34-35-36-37-38-39-40-41-43-45-47-49-51-53-55-57-63(71)68-60(59-75-67-66(74)65(73)64(72)62(58-69)76-67)61(70)56-54-52-50-48-46-44-42-20-18-16-14-12-10-8-6-4-2/h5,7,11,13,17,19,22-23,25-26,28-29,31-32,60-62,64-67,69-70,72-74H,3-4,6,8-10,12,14-16,18,20-21,24,27,30,33-59H2,1-2H3,(H,68,71)/b7-5-,13-11-,19-17-,23-22-,26-25-,29-28-,32-31-. The van der Waals surface area contributed by atoms with Crippen LogP contribution in [-0.4, -0.2) is 87.5 Å². The fraction of sp³-hybridized carbons (Fsp3) is 0.776. The molecule has 7 atom stereocenters. The zero-order valence-corrected chi connectivity index (χ0v) is 49.0. The van der Waals surface area contributed by atoms with E-state index in [9.17, 15) is 30.3 Å². The van der Waals surface area contributed by atoms with Crippen LogP contribution in [0, 0.1) is 0 Å². The van der Waals surface area contributed by atoms with Gasteiger partial charge in [0, 0.05) is 6.42 Å². The summed E-state index contributed by atoms with van der Waals surface area (Å²) < 4.78 is 11.3. The zero-order chi connectivity index (χ0) is 55.0. The van der Waals surface area contributed by atoms with E-state index >= 15 is 0 Å². The molecule has 0 aromatic heterocycles. The van der Waals surface area contributed by atoms with Gasteiger partial charge >= 0.3 is 0 Å². The molecule has 0 spiro atoms. The van der Waals surface area contributed by atoms with Gasteiger partial charge in [-0.3, -0.25) is 4.79 Å². The summed E-state index contributed by atoms with van der Waals surface area (Å²) in [4.78, 5) is 13.1. The molecule has 6 N–H and O–H groups in total. The summed E-state index contributed by atoms with van der Waals surface area (Å²) in [6.45, 7) is 3.74. The van der Waals surface area contributed by atoms with Crippen molar-refractivity contribution in [3.8, 4) is 0 Å². The smallest absolute Gasteiger partial charge is 0.220 e. The number of aliphatic hydroxyl groups is 5. The van der Waals surface area contributed by atoms with E-state index in [1.165, 1.54) is 167 Å². The van der Waals surface area contributed by atoms with Gasteiger partial charge in [0.1, 0.15) is 24.4 Å². The molecule has 0 aliphatic carbocycles. The molecule has 0 saturated carbocycles. The SMILES string of the molecule is CC/C=C\C/C=C\C/C=C\C/C=C\C/C=C\C/C=C\C/C=C\CCCCCCCCCCCCCCCCCC(=O)NC(COC1OC(CO)C(O)C(O)C1O)C(O)CCCCCCCCCCCCCCCCCC. The van der Waals surface area contributed by atoms with E-state index in [0.29, 0.717) is 12.8 Å². The van der Waals surface area contributed by atoms with Gasteiger partial charge in [-0.25, -0.2) is 0 Å². The lowest BCUT2D eigenvalue weighted by molar-refractivity contribution is -0.302. The summed E-state index contributed by atoms with van der Waals surface area (Å²) in [6.07, 6.45) is 72.0. The molecule has 0 bridgehead atoms. The number of carbonyl (C=O) groups excluding carboxylic acids is 1. The number of amides is 1. The van der Waals surface area contributed by atoms with Crippen molar-refractivity contribution < 1.29 is 39.8 Å². The minimum atomic E-state index is -1.56. The lowest BCUT2D eigenvalue weighted by Crippen LogP contribution is -2.60. The monoisotopic (exact) mass is 1070 g/mol. The summed E-state index contributed by atoms with van der Waals surface area (Å²) in [6, 6.07) is -0.722. The molecule has 9 heteroatoms. The number of aliphatic hydroxyl groups excluding tert-OH is 5. The van der Waals surface area contributed by atoms with E-state index in [-0.39, 0.29) is 12.5 Å². The molecule has 76 heavy (non-hydrogen) atoms. The molecule has 1 heterocycles. The number of ether oxygens (including phenoxy) is 2. The molecular weight excluding hydrogens is 947 g/mol. The highest BCUT2D eigenvalue weighted by atomic mass is 16.7. The minimum Gasteiger partial charge on any atom is -0.394 e. The van der Waals surface area contributed by atoms with Gasteiger partial charge in [0.15, 0.2) is 6.29 Å². The first-order valence-corrected chi connectivity index (χ1v) is 31.8. The van der Waals surface area contributed by atoms with Crippen molar-refractivity contribution in [1.82, 2.24) is 5.32 Å². The van der Waals surface area contributed by atoms with Crippen LogP contribution >= 0.6 is 0 Å². The predicted octanol–water partition coefficient (Wildman–Crippen LogP) is 16.6. The number of unbranched alkanes of at least 4 members (excludes halogenated alkanes) is 30. The van der Waals surface area contributed by atoms with E-state index in [1.807, 2.05) is 0 Å². The topological polar surface area (TPSA) is 149 Å². The van der Waals surface area contributed by atoms with Crippen LogP contribution in [-0.2, 0) is 14.3 Å². The van der Waals surface area contributed by atoms with Gasteiger partial charge in [0.25, 0.3) is 0 Å². The minimum absolute atomic E-state index is 0.139. The Hall–Kier alpha value is -2.63. The van der Waals surface area contributed by atoms with E-state index in [1.54, 1.807) is 0 Å². The predicted molar refractivity (Wildman–Crippen MR) is 322 cm³/mol. The number of allylic oxidation sites excluding steroid dienone is 14. The highest BCUT2D eigenvalue weighted by Crippen LogP contribution is 2.23. The summed E-state index contributed by atoms with van der Waals surface area (Å²) in [5, 5.41) is 54.7. The number of nitrogens with one attached hydrogen (secondary N) is 1. The molecule has 440 valence electrons. The first-order valence-electron chi connectivity index (χ1n) is 31.8. The summed E-state index contributed by atoms with van der Waals surface area (Å²) in [5.74, 6) is -0.144. The van der Waals surface area contributed by atoms with Crippen LogP contribution in [0.4, 0.5) is 0 Å². The summed E-state index contributed by atoms with van der Waals surface area (Å²) in [7, 11) is 0. The molecule has 0 aromatic rings. The Morgan fingerprint density at radius 2 is 0.816 bits per heavy atom. The normalized spacial score (nSPS) is 19.4. The molecule has 9 nitrogen and oxygen atoms in total. The van der Waals surface area contributed by atoms with Crippen LogP contribution in [0.2, 0.25) is 0 Å². The zero-order valence-electron chi connectivity index (χ0n) is 49.0. The first kappa shape index (κ1) is 71.4. The van der Waals surface area contributed by atoms with Gasteiger partial charge in [-0.05, 0) is 70.6 Å². The maximum absolute atomic E-state index is 13.1. The van der Waals surface area contributed by atoms with Crippen molar-refractivity contribution in [2.75, 3.05) is 13.2 Å². The van der Waals surface area contributed by atoms with E-state index in [2.05, 4.69) is 104 Å². The van der Waals surface area contributed by atoms with Gasteiger partial charge < -0.3 is 40.3 Å². The highest BCUT2D eigenvalue weighted by Gasteiger charge is 2.44. The van der Waals surface area contributed by atoms with Crippen LogP contribution in [0.15, 0.2) is 85.1 Å². The average molecular weight is 1070 g/mol. The van der Waals surface area contributed by atoms with Crippen LogP contribution < -0.4 is 5.32 Å². The number of carbonyl (C=O) groups is 1. The van der Waals surface area contributed by atoms with Gasteiger partial charge in [0.2, 0.25) is 5.91 Å². The second-order valence-electron chi connectivity index (χ2n) is 21.8. The maximum Gasteiger partial charge on any atom is 0.220 e. The number of hydrogen-bond acceptors (Lipinski definition) is 8. The van der Waals surface area contributed by atoms with E-state index in [0.717, 1.165) is 83.5 Å². The van der Waals surface area contributed by atoms with Crippen LogP contribution in [0.1, 0.15) is 277 Å². The Morgan fingerprint density at radius 3 is 1.21 bits per heavy atom. The molecule has 1 fully saturated rings. The van der Waals surface area contributed by atoms with Crippen molar-refractivity contribution in [3.05, 3.63) is 85.1 Å². The van der Waals surface area contributed by atoms with Gasteiger partial charge in [-0.1, -0.05) is 285 Å². The second kappa shape index (κ2) is 55.7. The maximum atomic E-state index is 13.1. The molecule has 1 aliphatic heterocycles. The number of hydrogen-bond donors (Lipinski definition) is 6. The van der Waals surface area contributed by atoms with Crippen LogP contribution in [0.5, 0.6) is 0 Å². The first-order chi connectivity index (χ1) is 37.3. The van der Waals surface area contributed by atoms with Crippen molar-refractivity contribution in [2.24, 2.45) is 0 Å². The van der Waals surface area contributed by atoms with E-state index < -0.39 is 49.5 Å². The van der Waals surface area contributed by atoms with E-state index in [4.69, 9.17) is 9.47 Å². The fourth-order valence-electron chi connectivity index (χ4n) is 9.79. The Balaban J connectivity index is 2.11. The Labute approximate surface area is 467 Å². The van der Waals surface area contributed by atoms with Crippen LogP contribution in [0.25, 0.3) is 0 Å². The third-order valence-electron chi connectivity index (χ3n) is 14.8. The fourth-order valence-corrected chi connectivity index (χ4v) is 9.79. The third kappa shape index (κ3) is 44.2. The van der Waals surface area contributed by atoms with Crippen molar-refractivity contribution in [2.45, 2.75) is 320 Å². The molecule has 7 unspecified atom stereocenters. The quantitative estimate of drug-likeness (QED) is 0.0261. The van der Waals surface area contributed by atoms with Crippen LogP contribution in [0.3, 0.4) is 0 Å². The Morgan fingerprint density at radius 1 is 0.461 bits per heavy atom. The largest absolute Gasteiger partial charge is 0.394 e. The van der Waals surface area contributed by atoms with Crippen molar-refractivity contribution >= 4 is 5.91 Å². The van der Waals surface area contributed by atoms with Gasteiger partial charge in [-0.15, -0.1) is 0 Å². The average Bonchev–Trinajstić information content (AvgIpc) is 3.42. The Bertz CT molecular complexity index is 1470.